The van der Waals surface area contributed by atoms with Crippen molar-refractivity contribution in [3.8, 4) is 5.75 Å². The van der Waals surface area contributed by atoms with Crippen molar-refractivity contribution < 1.29 is 9.84 Å². The summed E-state index contributed by atoms with van der Waals surface area (Å²) < 4.78 is 8.16. The first kappa shape index (κ1) is 19.1. The lowest BCUT2D eigenvalue weighted by molar-refractivity contribution is 0.0961. The molecule has 2 saturated heterocycles. The smallest absolute Gasteiger partial charge is 0.174 e. The number of nitrogens with zero attached hydrogens (tertiary/aromatic N) is 3. The highest BCUT2D eigenvalue weighted by atomic mass is 32.1. The van der Waals surface area contributed by atoms with Gasteiger partial charge >= 0.3 is 0 Å². The molecule has 0 bridgehead atoms. The molecule has 0 radical (unpaired) electrons. The van der Waals surface area contributed by atoms with Gasteiger partial charge in [0.2, 0.25) is 0 Å². The maximum absolute atomic E-state index is 9.75. The van der Waals surface area contributed by atoms with Crippen LogP contribution in [0.15, 0.2) is 67.0 Å². The minimum absolute atomic E-state index is 0.0756. The van der Waals surface area contributed by atoms with Crippen molar-refractivity contribution in [3.05, 3.63) is 78.4 Å². The fraction of sp³-hybridized carbons (Fsp3) is 0.304. The van der Waals surface area contributed by atoms with Gasteiger partial charge in [-0.05, 0) is 73.6 Å². The predicted octanol–water partition coefficient (Wildman–Crippen LogP) is 3.94. The summed E-state index contributed by atoms with van der Waals surface area (Å²) in [6.07, 6.45) is 6.37. The van der Waals surface area contributed by atoms with Gasteiger partial charge in [0.25, 0.3) is 0 Å². The van der Waals surface area contributed by atoms with E-state index in [1.54, 1.807) is 12.1 Å². The molecule has 0 aliphatic carbocycles. The summed E-state index contributed by atoms with van der Waals surface area (Å²) in [5.41, 5.74) is 3.02. The van der Waals surface area contributed by atoms with Crippen LogP contribution in [-0.4, -0.2) is 32.5 Å². The molecule has 2 aliphatic heterocycles. The number of aromatic hydroxyl groups is 1. The lowest BCUT2D eigenvalue weighted by Gasteiger charge is -2.29. The molecule has 0 saturated carbocycles. The normalized spacial score (nSPS) is 23.7. The summed E-state index contributed by atoms with van der Waals surface area (Å²) >= 11 is 5.76. The van der Waals surface area contributed by atoms with E-state index in [9.17, 15) is 5.11 Å². The van der Waals surface area contributed by atoms with Crippen molar-refractivity contribution in [1.29, 1.82) is 0 Å². The molecular weight excluding hydrogens is 396 g/mol. The average Bonchev–Trinajstić information content (AvgIpc) is 3.50. The highest BCUT2D eigenvalue weighted by molar-refractivity contribution is 7.80. The van der Waals surface area contributed by atoms with Crippen LogP contribution in [0.3, 0.4) is 0 Å². The Morgan fingerprint density at radius 2 is 2.00 bits per heavy atom. The van der Waals surface area contributed by atoms with Crippen LogP contribution in [0.4, 0.5) is 5.69 Å². The third kappa shape index (κ3) is 3.55. The molecule has 30 heavy (non-hydrogen) atoms. The second kappa shape index (κ2) is 8.08. The zero-order chi connectivity index (χ0) is 20.5. The number of hydrogen-bond acceptors (Lipinski definition) is 4. The Labute approximate surface area is 181 Å². The van der Waals surface area contributed by atoms with Crippen LogP contribution in [0.25, 0.3) is 0 Å². The minimum atomic E-state index is -0.0920. The number of benzene rings is 1. The van der Waals surface area contributed by atoms with Crippen molar-refractivity contribution in [2.75, 3.05) is 11.5 Å². The Kier molecular flexibility index (Phi) is 5.14. The van der Waals surface area contributed by atoms with E-state index in [2.05, 4.69) is 38.1 Å². The van der Waals surface area contributed by atoms with Gasteiger partial charge in [-0.15, -0.1) is 0 Å². The monoisotopic (exact) mass is 420 g/mol. The Bertz CT molecular complexity index is 1020. The Morgan fingerprint density at radius 1 is 1.13 bits per heavy atom. The standard InChI is InChI=1S/C23H24N4O2S/c28-17-10-8-16(9-11-17)27-22(21(25-23(27)30)19-6-1-2-12-24-19)20-7-3-13-26(20)15-18-5-4-14-29-18/h1-3,6-13,18,21-22,28H,4-5,14-15H2,(H,25,30)/t18-,21+,22-/m0/s1. The van der Waals surface area contributed by atoms with Gasteiger partial charge in [0.15, 0.2) is 5.11 Å². The molecule has 2 aromatic heterocycles. The minimum Gasteiger partial charge on any atom is -0.508 e. The molecule has 2 aliphatic rings. The second-order valence-corrected chi connectivity index (χ2v) is 8.12. The van der Waals surface area contributed by atoms with E-state index in [-0.39, 0.29) is 23.9 Å². The number of thiocarbonyl (C=S) groups is 1. The van der Waals surface area contributed by atoms with Crippen LogP contribution in [0.2, 0.25) is 0 Å². The van der Waals surface area contributed by atoms with E-state index in [0.29, 0.717) is 5.11 Å². The maximum atomic E-state index is 9.75. The number of aromatic nitrogens is 2. The van der Waals surface area contributed by atoms with Gasteiger partial charge in [0.1, 0.15) is 11.8 Å². The number of rotatable bonds is 5. The molecule has 3 aromatic rings. The fourth-order valence-electron chi connectivity index (χ4n) is 4.42. The number of pyridine rings is 1. The van der Waals surface area contributed by atoms with E-state index in [1.807, 2.05) is 36.5 Å². The third-order valence-corrected chi connectivity index (χ3v) is 6.13. The van der Waals surface area contributed by atoms with E-state index in [4.69, 9.17) is 17.0 Å². The van der Waals surface area contributed by atoms with Crippen molar-refractivity contribution in [2.24, 2.45) is 0 Å². The third-order valence-electron chi connectivity index (χ3n) is 5.82. The number of hydrogen-bond donors (Lipinski definition) is 2. The number of ether oxygens (including phenoxy) is 1. The van der Waals surface area contributed by atoms with Gasteiger partial charge in [-0.1, -0.05) is 6.07 Å². The quantitative estimate of drug-likeness (QED) is 0.610. The van der Waals surface area contributed by atoms with Crippen LogP contribution in [0.1, 0.15) is 36.3 Å². The molecule has 0 spiro atoms. The number of phenolic OH excluding ortho intramolecular Hbond substituents is 1. The highest BCUT2D eigenvalue weighted by Crippen LogP contribution is 2.42. The fourth-order valence-corrected chi connectivity index (χ4v) is 4.76. The SMILES string of the molecule is Oc1ccc(N2C(=S)N[C@H](c3ccccn3)[C@@H]2c2cccn2C[C@@H]2CCCO2)cc1. The van der Waals surface area contributed by atoms with E-state index in [0.717, 1.165) is 43.1 Å². The molecule has 4 heterocycles. The lowest BCUT2D eigenvalue weighted by Crippen LogP contribution is -2.31. The Hall–Kier alpha value is -2.90. The van der Waals surface area contributed by atoms with Gasteiger partial charge in [0, 0.05) is 36.9 Å². The maximum Gasteiger partial charge on any atom is 0.174 e. The first-order valence-corrected chi connectivity index (χ1v) is 10.7. The summed E-state index contributed by atoms with van der Waals surface area (Å²) in [7, 11) is 0. The summed E-state index contributed by atoms with van der Waals surface area (Å²) in [5, 5.41) is 13.9. The molecule has 154 valence electrons. The van der Waals surface area contributed by atoms with Gasteiger partial charge < -0.3 is 24.6 Å². The van der Waals surface area contributed by atoms with Crippen LogP contribution in [-0.2, 0) is 11.3 Å². The molecule has 1 aromatic carbocycles. The zero-order valence-electron chi connectivity index (χ0n) is 16.5. The number of anilines is 1. The molecule has 0 unspecified atom stereocenters. The van der Waals surface area contributed by atoms with Crippen LogP contribution in [0, 0.1) is 0 Å². The molecular formula is C23H24N4O2S. The summed E-state index contributed by atoms with van der Waals surface area (Å²) in [5.74, 6) is 0.233. The van der Waals surface area contributed by atoms with Gasteiger partial charge in [-0.25, -0.2) is 0 Å². The van der Waals surface area contributed by atoms with E-state index in [1.165, 1.54) is 0 Å². The number of nitrogens with one attached hydrogen (secondary N) is 1. The van der Waals surface area contributed by atoms with Crippen LogP contribution in [0.5, 0.6) is 5.75 Å². The number of phenols is 1. The van der Waals surface area contributed by atoms with Crippen LogP contribution >= 0.6 is 12.2 Å². The largest absolute Gasteiger partial charge is 0.508 e. The highest BCUT2D eigenvalue weighted by Gasteiger charge is 2.42. The van der Waals surface area contributed by atoms with Crippen molar-refractivity contribution in [3.63, 3.8) is 0 Å². The summed E-state index contributed by atoms with van der Waals surface area (Å²) in [4.78, 5) is 6.73. The van der Waals surface area contributed by atoms with Crippen molar-refractivity contribution in [2.45, 2.75) is 37.6 Å². The molecule has 0 amide bonds. The first-order valence-electron chi connectivity index (χ1n) is 10.3. The van der Waals surface area contributed by atoms with Gasteiger partial charge in [-0.3, -0.25) is 4.98 Å². The Morgan fingerprint density at radius 3 is 2.73 bits per heavy atom. The van der Waals surface area contributed by atoms with E-state index < -0.39 is 0 Å². The first-order chi connectivity index (χ1) is 14.7. The zero-order valence-corrected chi connectivity index (χ0v) is 17.3. The van der Waals surface area contributed by atoms with E-state index >= 15 is 0 Å². The van der Waals surface area contributed by atoms with Gasteiger partial charge in [-0.2, -0.15) is 0 Å². The Balaban J connectivity index is 1.57. The topological polar surface area (TPSA) is 62.5 Å². The van der Waals surface area contributed by atoms with Crippen molar-refractivity contribution in [1.82, 2.24) is 14.9 Å². The second-order valence-electron chi connectivity index (χ2n) is 7.73. The molecule has 5 rings (SSSR count). The average molecular weight is 421 g/mol. The van der Waals surface area contributed by atoms with Crippen LogP contribution < -0.4 is 10.2 Å². The van der Waals surface area contributed by atoms with Gasteiger partial charge in [0.05, 0.1) is 17.8 Å². The molecule has 2 N–H and O–H groups in total. The molecule has 2 fully saturated rings. The molecule has 3 atom stereocenters. The predicted molar refractivity (Wildman–Crippen MR) is 119 cm³/mol. The lowest BCUT2D eigenvalue weighted by atomic mass is 10.0. The van der Waals surface area contributed by atoms with Crippen molar-refractivity contribution >= 4 is 23.0 Å². The molecule has 7 heteroatoms. The molecule has 6 nitrogen and oxygen atoms in total. The summed E-state index contributed by atoms with van der Waals surface area (Å²) in [6, 6.07) is 17.2. The summed E-state index contributed by atoms with van der Waals surface area (Å²) in [6.45, 7) is 1.66.